The molecule has 9 heteroatoms. The van der Waals surface area contributed by atoms with Gasteiger partial charge in [-0.05, 0) is 48.6 Å². The van der Waals surface area contributed by atoms with Crippen LogP contribution in [0.4, 0.5) is 4.79 Å². The average molecular weight is 443 g/mol. The van der Waals surface area contributed by atoms with Crippen LogP contribution >= 0.6 is 0 Å². The summed E-state index contributed by atoms with van der Waals surface area (Å²) < 4.78 is 3.11. The second-order valence-corrected chi connectivity index (χ2v) is 9.67. The number of nitrogens with zero attached hydrogens (tertiary/aromatic N) is 3. The first-order valence-electron chi connectivity index (χ1n) is 11.1. The van der Waals surface area contributed by atoms with Crippen LogP contribution in [0.5, 0.6) is 0 Å². The van der Waals surface area contributed by atoms with E-state index >= 15 is 0 Å². The van der Waals surface area contributed by atoms with Gasteiger partial charge in [-0.3, -0.25) is 24.0 Å². The van der Waals surface area contributed by atoms with Crippen LogP contribution < -0.4 is 11.0 Å². The average Bonchev–Trinajstić information content (AvgIpc) is 2.99. The first-order valence-corrected chi connectivity index (χ1v) is 11.1. The number of benzene rings is 1. The summed E-state index contributed by atoms with van der Waals surface area (Å²) in [5.74, 6) is -0.384. The molecule has 1 unspecified atom stereocenters. The highest BCUT2D eigenvalue weighted by Crippen LogP contribution is 2.39. The Morgan fingerprint density at radius 3 is 2.47 bits per heavy atom. The van der Waals surface area contributed by atoms with Crippen molar-refractivity contribution < 1.29 is 19.5 Å². The molecule has 0 spiro atoms. The quantitative estimate of drug-likeness (QED) is 0.705. The number of nitrogens with one attached hydrogen (secondary N) is 1. The molecule has 2 aliphatic rings. The second-order valence-electron chi connectivity index (χ2n) is 9.67. The van der Waals surface area contributed by atoms with Crippen molar-refractivity contribution in [1.29, 1.82) is 0 Å². The number of aromatic nitrogens is 2. The number of fused-ring (bicyclic) bond motifs is 1. The van der Waals surface area contributed by atoms with E-state index in [1.807, 2.05) is 18.2 Å². The van der Waals surface area contributed by atoms with E-state index in [2.05, 4.69) is 19.2 Å². The molecule has 3 amide bonds. The number of aryl methyl sites for hydroxylation is 1. The van der Waals surface area contributed by atoms with Gasteiger partial charge >= 0.3 is 11.8 Å². The Kier molecular flexibility index (Phi) is 5.60. The van der Waals surface area contributed by atoms with Gasteiger partial charge in [-0.1, -0.05) is 26.0 Å². The van der Waals surface area contributed by atoms with Crippen LogP contribution in [0.3, 0.4) is 0 Å². The Morgan fingerprint density at radius 2 is 1.84 bits per heavy atom. The third-order valence-corrected chi connectivity index (χ3v) is 7.22. The number of carbonyl (C=O) groups is 3. The highest BCUT2D eigenvalue weighted by molar-refractivity contribution is 6.00. The highest BCUT2D eigenvalue weighted by atomic mass is 16.4. The summed E-state index contributed by atoms with van der Waals surface area (Å²) in [6, 6.07) is 5.07. The van der Waals surface area contributed by atoms with Crippen molar-refractivity contribution in [3.05, 3.63) is 34.2 Å². The largest absolute Gasteiger partial charge is 0.465 e. The molecule has 2 aliphatic heterocycles. The SMILES string of the molecule is Cn1c(=O)n(C2CCC(=O)NC2=O)c2cccc(CC(C)(C)C3CCN(C(=O)O)CC3)c21. The number of amides is 3. The van der Waals surface area contributed by atoms with Crippen molar-refractivity contribution in [3.63, 3.8) is 0 Å². The summed E-state index contributed by atoms with van der Waals surface area (Å²) in [4.78, 5) is 49.9. The maximum absolute atomic E-state index is 13.1. The van der Waals surface area contributed by atoms with Crippen LogP contribution in [0.25, 0.3) is 11.0 Å². The minimum Gasteiger partial charge on any atom is -0.465 e. The molecule has 2 fully saturated rings. The lowest BCUT2D eigenvalue weighted by atomic mass is 9.70. The number of imide groups is 1. The standard InChI is InChI=1S/C23H30N4O5/c1-23(2,15-9-11-26(12-10-15)22(31)32)13-14-5-4-6-16-19(14)25(3)21(30)27(16)17-7-8-18(28)24-20(17)29/h4-6,15,17H,7-13H2,1-3H3,(H,31,32)(H,24,28,29). The van der Waals surface area contributed by atoms with Crippen molar-refractivity contribution >= 4 is 28.9 Å². The van der Waals surface area contributed by atoms with Gasteiger partial charge in [0, 0.05) is 26.6 Å². The monoisotopic (exact) mass is 442 g/mol. The van der Waals surface area contributed by atoms with E-state index in [-0.39, 0.29) is 23.4 Å². The number of imidazole rings is 1. The summed E-state index contributed by atoms with van der Waals surface area (Å²) in [7, 11) is 1.72. The second kappa shape index (κ2) is 8.11. The van der Waals surface area contributed by atoms with E-state index in [1.165, 1.54) is 9.47 Å². The number of carboxylic acid groups (broad SMARTS) is 1. The fourth-order valence-electron chi connectivity index (χ4n) is 5.38. The lowest BCUT2D eigenvalue weighted by Crippen LogP contribution is -2.44. The van der Waals surface area contributed by atoms with Gasteiger partial charge in [-0.2, -0.15) is 0 Å². The predicted molar refractivity (Wildman–Crippen MR) is 118 cm³/mol. The number of hydrogen-bond donors (Lipinski definition) is 2. The normalized spacial score (nSPS) is 20.6. The fourth-order valence-corrected chi connectivity index (χ4v) is 5.38. The molecule has 172 valence electrons. The van der Waals surface area contributed by atoms with E-state index in [0.717, 1.165) is 30.3 Å². The molecular weight excluding hydrogens is 412 g/mol. The van der Waals surface area contributed by atoms with Crippen LogP contribution in [0, 0.1) is 11.3 Å². The molecule has 1 aromatic heterocycles. The summed E-state index contributed by atoms with van der Waals surface area (Å²) in [6.45, 7) is 5.47. The summed E-state index contributed by atoms with van der Waals surface area (Å²) >= 11 is 0. The molecule has 2 N–H and O–H groups in total. The first kappa shape index (κ1) is 22.1. The molecule has 0 saturated carbocycles. The van der Waals surface area contributed by atoms with Gasteiger partial charge < -0.3 is 10.0 Å². The number of hydrogen-bond acceptors (Lipinski definition) is 4. The van der Waals surface area contributed by atoms with Crippen LogP contribution in [0.2, 0.25) is 0 Å². The maximum Gasteiger partial charge on any atom is 0.407 e. The van der Waals surface area contributed by atoms with E-state index in [9.17, 15) is 24.3 Å². The summed E-state index contributed by atoms with van der Waals surface area (Å²) in [6.07, 6.45) is 2.00. The molecule has 2 saturated heterocycles. The number of piperidine rings is 2. The third-order valence-electron chi connectivity index (χ3n) is 7.22. The number of likely N-dealkylation sites (tertiary alicyclic amines) is 1. The summed E-state index contributed by atoms with van der Waals surface area (Å²) in [5, 5.41) is 11.6. The minimum atomic E-state index is -0.865. The smallest absolute Gasteiger partial charge is 0.407 e. The minimum absolute atomic E-state index is 0.0916. The van der Waals surface area contributed by atoms with Crippen LogP contribution in [0.15, 0.2) is 23.0 Å². The molecule has 0 aliphatic carbocycles. The number of para-hydroxylation sites is 1. The van der Waals surface area contributed by atoms with Gasteiger partial charge in [0.05, 0.1) is 11.0 Å². The van der Waals surface area contributed by atoms with Gasteiger partial charge in [-0.25, -0.2) is 9.59 Å². The highest BCUT2D eigenvalue weighted by Gasteiger charge is 2.35. The number of rotatable bonds is 4. The van der Waals surface area contributed by atoms with E-state index in [1.54, 1.807) is 11.6 Å². The van der Waals surface area contributed by atoms with Crippen molar-refractivity contribution in [2.24, 2.45) is 18.4 Å². The van der Waals surface area contributed by atoms with E-state index in [4.69, 9.17) is 0 Å². The fraction of sp³-hybridized carbons (Fsp3) is 0.565. The van der Waals surface area contributed by atoms with Gasteiger partial charge in [-0.15, -0.1) is 0 Å². The zero-order valence-electron chi connectivity index (χ0n) is 18.8. The first-order chi connectivity index (χ1) is 15.1. The van der Waals surface area contributed by atoms with Crippen molar-refractivity contribution in [3.8, 4) is 0 Å². The number of carbonyl (C=O) groups excluding carboxylic acids is 2. The van der Waals surface area contributed by atoms with Crippen molar-refractivity contribution in [2.45, 2.75) is 52.0 Å². The Hall–Kier alpha value is -3.10. The lowest BCUT2D eigenvalue weighted by Gasteiger charge is -2.40. The molecular formula is C23H30N4O5. The molecule has 1 atom stereocenters. The van der Waals surface area contributed by atoms with Gasteiger partial charge in [0.15, 0.2) is 0 Å². The molecule has 3 heterocycles. The van der Waals surface area contributed by atoms with Crippen LogP contribution in [-0.2, 0) is 23.1 Å². The van der Waals surface area contributed by atoms with E-state index in [0.29, 0.717) is 30.9 Å². The molecule has 0 bridgehead atoms. The van der Waals surface area contributed by atoms with Gasteiger partial charge in [0.2, 0.25) is 11.8 Å². The van der Waals surface area contributed by atoms with Gasteiger partial charge in [0.1, 0.15) is 6.04 Å². The van der Waals surface area contributed by atoms with Crippen molar-refractivity contribution in [1.82, 2.24) is 19.4 Å². The van der Waals surface area contributed by atoms with E-state index < -0.39 is 18.0 Å². The predicted octanol–water partition coefficient (Wildman–Crippen LogP) is 2.28. The van der Waals surface area contributed by atoms with Crippen molar-refractivity contribution in [2.75, 3.05) is 13.1 Å². The van der Waals surface area contributed by atoms with Crippen LogP contribution in [-0.4, -0.2) is 50.1 Å². The molecule has 1 aromatic carbocycles. The maximum atomic E-state index is 13.1. The molecule has 9 nitrogen and oxygen atoms in total. The molecule has 32 heavy (non-hydrogen) atoms. The Bertz CT molecular complexity index is 1140. The lowest BCUT2D eigenvalue weighted by molar-refractivity contribution is -0.135. The Morgan fingerprint density at radius 1 is 1.16 bits per heavy atom. The summed E-state index contributed by atoms with van der Waals surface area (Å²) in [5.41, 5.74) is 2.17. The zero-order chi connectivity index (χ0) is 23.2. The molecule has 2 aromatic rings. The Labute approximate surface area is 186 Å². The third kappa shape index (κ3) is 3.80. The topological polar surface area (TPSA) is 114 Å². The van der Waals surface area contributed by atoms with Crippen LogP contribution in [0.1, 0.15) is 51.1 Å². The Balaban J connectivity index is 1.66. The molecule has 0 radical (unpaired) electrons. The molecule has 4 rings (SSSR count). The zero-order valence-corrected chi connectivity index (χ0v) is 18.8. The van der Waals surface area contributed by atoms with Gasteiger partial charge in [0.25, 0.3) is 0 Å².